The fraction of sp³-hybridized carbons (Fsp3) is 0.0667. The van der Waals surface area contributed by atoms with Gasteiger partial charge in [0.15, 0.2) is 0 Å². The van der Waals surface area contributed by atoms with Gasteiger partial charge in [-0.2, -0.15) is 4.98 Å². The van der Waals surface area contributed by atoms with Crippen molar-refractivity contribution in [1.29, 1.82) is 0 Å². The molecule has 0 amide bonds. The number of aromatic nitrogens is 2. The van der Waals surface area contributed by atoms with Gasteiger partial charge in [0.1, 0.15) is 11.6 Å². The minimum Gasteiger partial charge on any atom is -0.497 e. The van der Waals surface area contributed by atoms with E-state index in [9.17, 15) is 0 Å². The van der Waals surface area contributed by atoms with Gasteiger partial charge in [-0.15, -0.1) is 0 Å². The maximum absolute atomic E-state index is 5.74. The fourth-order valence-corrected chi connectivity index (χ4v) is 2.00. The van der Waals surface area contributed by atoms with Crippen LogP contribution in [0.1, 0.15) is 0 Å². The van der Waals surface area contributed by atoms with E-state index in [2.05, 4.69) is 15.3 Å². The second-order valence-electron chi connectivity index (χ2n) is 4.30. The molecule has 100 valence electrons. The highest BCUT2D eigenvalue weighted by Gasteiger charge is 2.06. The number of hydrogen-bond donors (Lipinski definition) is 2. The van der Waals surface area contributed by atoms with Crippen molar-refractivity contribution in [2.45, 2.75) is 0 Å². The third kappa shape index (κ3) is 2.33. The predicted octanol–water partition coefficient (Wildman–Crippen LogP) is 2.96. The molecule has 5 heteroatoms. The summed E-state index contributed by atoms with van der Waals surface area (Å²) < 4.78 is 5.14. The highest BCUT2D eigenvalue weighted by molar-refractivity contribution is 5.91. The molecule has 5 nitrogen and oxygen atoms in total. The lowest BCUT2D eigenvalue weighted by atomic mass is 10.2. The quantitative estimate of drug-likeness (QED) is 0.762. The normalized spacial score (nSPS) is 10.4. The number of ether oxygens (including phenoxy) is 1. The van der Waals surface area contributed by atoms with E-state index in [0.29, 0.717) is 5.82 Å². The lowest BCUT2D eigenvalue weighted by molar-refractivity contribution is 0.415. The van der Waals surface area contributed by atoms with Crippen molar-refractivity contribution in [3.05, 3.63) is 48.5 Å². The summed E-state index contributed by atoms with van der Waals surface area (Å²) >= 11 is 0. The number of hydrogen-bond acceptors (Lipinski definition) is 5. The van der Waals surface area contributed by atoms with Gasteiger partial charge in [0.05, 0.1) is 12.6 Å². The summed E-state index contributed by atoms with van der Waals surface area (Å²) in [7, 11) is 1.64. The number of methoxy groups -OCH3 is 1. The van der Waals surface area contributed by atoms with Crippen LogP contribution in [-0.2, 0) is 0 Å². The van der Waals surface area contributed by atoms with Gasteiger partial charge in [-0.25, -0.2) is 4.98 Å². The number of nitrogens with zero attached hydrogens (tertiary/aromatic N) is 2. The molecule has 0 aliphatic rings. The van der Waals surface area contributed by atoms with Gasteiger partial charge in [0.25, 0.3) is 0 Å². The van der Waals surface area contributed by atoms with Crippen LogP contribution < -0.4 is 15.8 Å². The van der Waals surface area contributed by atoms with Crippen LogP contribution in [0.5, 0.6) is 5.75 Å². The van der Waals surface area contributed by atoms with Crippen LogP contribution in [-0.4, -0.2) is 17.1 Å². The first-order valence-electron chi connectivity index (χ1n) is 6.19. The van der Waals surface area contributed by atoms with Crippen LogP contribution in [0.25, 0.3) is 10.9 Å². The molecule has 0 aliphatic carbocycles. The SMILES string of the molecule is COc1ccc(Nc2nc(N)nc3ccccc23)cc1. The highest BCUT2D eigenvalue weighted by atomic mass is 16.5. The Morgan fingerprint density at radius 2 is 1.75 bits per heavy atom. The zero-order chi connectivity index (χ0) is 13.9. The first-order valence-corrected chi connectivity index (χ1v) is 6.19. The van der Waals surface area contributed by atoms with E-state index in [1.165, 1.54) is 0 Å². The minimum absolute atomic E-state index is 0.250. The fourth-order valence-electron chi connectivity index (χ4n) is 2.00. The van der Waals surface area contributed by atoms with Crippen LogP contribution in [0.3, 0.4) is 0 Å². The third-order valence-electron chi connectivity index (χ3n) is 2.97. The Kier molecular flexibility index (Phi) is 3.09. The smallest absolute Gasteiger partial charge is 0.222 e. The zero-order valence-corrected chi connectivity index (χ0v) is 11.0. The molecule has 0 unspecified atom stereocenters. The Balaban J connectivity index is 2.01. The van der Waals surface area contributed by atoms with Crippen LogP contribution in [0.4, 0.5) is 17.5 Å². The van der Waals surface area contributed by atoms with Crippen LogP contribution in [0.2, 0.25) is 0 Å². The third-order valence-corrected chi connectivity index (χ3v) is 2.97. The number of benzene rings is 2. The second kappa shape index (κ2) is 5.05. The second-order valence-corrected chi connectivity index (χ2v) is 4.30. The van der Waals surface area contributed by atoms with Gasteiger partial charge in [-0.1, -0.05) is 12.1 Å². The van der Waals surface area contributed by atoms with Crippen LogP contribution in [0, 0.1) is 0 Å². The van der Waals surface area contributed by atoms with Gasteiger partial charge in [0, 0.05) is 11.1 Å². The molecule has 0 saturated heterocycles. The molecule has 2 aromatic carbocycles. The zero-order valence-electron chi connectivity index (χ0n) is 11.0. The van der Waals surface area contributed by atoms with E-state index in [0.717, 1.165) is 22.3 Å². The van der Waals surface area contributed by atoms with Gasteiger partial charge < -0.3 is 15.8 Å². The molecule has 0 aliphatic heterocycles. The molecule has 0 radical (unpaired) electrons. The number of rotatable bonds is 3. The molecule has 0 saturated carbocycles. The van der Waals surface area contributed by atoms with Crippen molar-refractivity contribution in [2.75, 3.05) is 18.2 Å². The summed E-state index contributed by atoms with van der Waals surface area (Å²) in [6.07, 6.45) is 0. The Morgan fingerprint density at radius 3 is 2.50 bits per heavy atom. The largest absolute Gasteiger partial charge is 0.497 e. The molecule has 0 atom stereocenters. The highest BCUT2D eigenvalue weighted by Crippen LogP contribution is 2.25. The van der Waals surface area contributed by atoms with E-state index in [1.54, 1.807) is 7.11 Å². The maximum Gasteiger partial charge on any atom is 0.222 e. The Bertz CT molecular complexity index is 740. The Labute approximate surface area is 116 Å². The number of fused-ring (bicyclic) bond motifs is 1. The van der Waals surface area contributed by atoms with Crippen LogP contribution in [0.15, 0.2) is 48.5 Å². The van der Waals surface area contributed by atoms with Crippen molar-refractivity contribution >= 4 is 28.4 Å². The lowest BCUT2D eigenvalue weighted by Gasteiger charge is -2.09. The summed E-state index contributed by atoms with van der Waals surface area (Å²) in [6.45, 7) is 0. The minimum atomic E-state index is 0.250. The average Bonchev–Trinajstić information content (AvgIpc) is 2.48. The van der Waals surface area contributed by atoms with Crippen molar-refractivity contribution in [3.8, 4) is 5.75 Å². The molecule has 0 fully saturated rings. The van der Waals surface area contributed by atoms with Gasteiger partial charge in [0.2, 0.25) is 5.95 Å². The monoisotopic (exact) mass is 266 g/mol. The molecule has 3 aromatic rings. The van der Waals surface area contributed by atoms with E-state index in [1.807, 2.05) is 48.5 Å². The molecule has 20 heavy (non-hydrogen) atoms. The number of nitrogens with two attached hydrogens (primary N) is 1. The summed E-state index contributed by atoms with van der Waals surface area (Å²) in [6, 6.07) is 15.3. The number of para-hydroxylation sites is 1. The molecule has 1 aromatic heterocycles. The van der Waals surface area contributed by atoms with Crippen LogP contribution >= 0.6 is 0 Å². The van der Waals surface area contributed by atoms with E-state index in [4.69, 9.17) is 10.5 Å². The molecular formula is C15H14N4O. The molecule has 3 N–H and O–H groups in total. The molecule has 0 bridgehead atoms. The molecule has 1 heterocycles. The molecule has 0 spiro atoms. The van der Waals surface area contributed by atoms with E-state index < -0.39 is 0 Å². The number of anilines is 3. The maximum atomic E-state index is 5.74. The van der Waals surface area contributed by atoms with Gasteiger partial charge in [-0.05, 0) is 36.4 Å². The van der Waals surface area contributed by atoms with Gasteiger partial charge in [-0.3, -0.25) is 0 Å². The number of nitrogen functional groups attached to an aromatic ring is 1. The van der Waals surface area contributed by atoms with E-state index >= 15 is 0 Å². The Hall–Kier alpha value is -2.82. The summed E-state index contributed by atoms with van der Waals surface area (Å²) in [5.41, 5.74) is 7.47. The lowest BCUT2D eigenvalue weighted by Crippen LogP contribution is -2.01. The number of nitrogens with one attached hydrogen (secondary N) is 1. The Morgan fingerprint density at radius 1 is 1.00 bits per heavy atom. The predicted molar refractivity (Wildman–Crippen MR) is 80.2 cm³/mol. The molecule has 3 rings (SSSR count). The van der Waals surface area contributed by atoms with Crippen molar-refractivity contribution in [3.63, 3.8) is 0 Å². The van der Waals surface area contributed by atoms with Crippen molar-refractivity contribution in [1.82, 2.24) is 9.97 Å². The topological polar surface area (TPSA) is 73.1 Å². The summed E-state index contributed by atoms with van der Waals surface area (Å²) in [5.74, 6) is 1.75. The standard InChI is InChI=1S/C15H14N4O/c1-20-11-8-6-10(7-9-11)17-14-12-4-2-3-5-13(12)18-15(16)19-14/h2-9H,1H3,(H3,16,17,18,19). The molecular weight excluding hydrogens is 252 g/mol. The summed E-state index contributed by atoms with van der Waals surface area (Å²) in [5, 5.41) is 4.18. The van der Waals surface area contributed by atoms with Crippen molar-refractivity contribution in [2.24, 2.45) is 0 Å². The van der Waals surface area contributed by atoms with E-state index in [-0.39, 0.29) is 5.95 Å². The van der Waals surface area contributed by atoms with Crippen molar-refractivity contribution < 1.29 is 4.74 Å². The summed E-state index contributed by atoms with van der Waals surface area (Å²) in [4.78, 5) is 8.48. The first-order chi connectivity index (χ1) is 9.76. The first kappa shape index (κ1) is 12.2. The van der Waals surface area contributed by atoms with Gasteiger partial charge >= 0.3 is 0 Å². The average molecular weight is 266 g/mol.